The van der Waals surface area contributed by atoms with Gasteiger partial charge in [0, 0.05) is 28.1 Å². The Balaban J connectivity index is 1.48. The molecule has 2 aliphatic rings. The first-order valence-corrected chi connectivity index (χ1v) is 12.1. The summed E-state index contributed by atoms with van der Waals surface area (Å²) in [7, 11) is 1.66. The fourth-order valence-electron chi connectivity index (χ4n) is 4.76. The number of amides is 2. The first-order valence-electron chi connectivity index (χ1n) is 11.3. The summed E-state index contributed by atoms with van der Waals surface area (Å²) in [5, 5.41) is 3.08. The summed E-state index contributed by atoms with van der Waals surface area (Å²) in [6.45, 7) is 6.10. The Morgan fingerprint density at radius 1 is 1.15 bits per heavy atom. The lowest BCUT2D eigenvalue weighted by atomic mass is 9.92. The van der Waals surface area contributed by atoms with Gasteiger partial charge in [-0.25, -0.2) is 4.79 Å². The molecule has 0 aliphatic carbocycles. The summed E-state index contributed by atoms with van der Waals surface area (Å²) in [6, 6.07) is 13.3. The van der Waals surface area contributed by atoms with Crippen LogP contribution in [0.25, 0.3) is 0 Å². The van der Waals surface area contributed by atoms with Crippen molar-refractivity contribution >= 4 is 23.1 Å². The number of carbonyl (C=O) groups excluding carboxylic acids is 1. The molecule has 0 saturated carbocycles. The third kappa shape index (κ3) is 4.02. The van der Waals surface area contributed by atoms with Crippen LogP contribution in [0.1, 0.15) is 39.4 Å². The van der Waals surface area contributed by atoms with Crippen molar-refractivity contribution in [2.45, 2.75) is 32.7 Å². The molecule has 3 heterocycles. The van der Waals surface area contributed by atoms with Crippen LogP contribution in [-0.2, 0) is 12.8 Å². The lowest BCUT2D eigenvalue weighted by Gasteiger charge is -2.36. The van der Waals surface area contributed by atoms with Gasteiger partial charge in [0.2, 0.25) is 0 Å². The molecule has 0 unspecified atom stereocenters. The van der Waals surface area contributed by atoms with E-state index >= 15 is 0 Å². The molecular formula is C26H28N2O4S. The van der Waals surface area contributed by atoms with Crippen molar-refractivity contribution in [2.24, 2.45) is 0 Å². The Morgan fingerprint density at radius 3 is 2.64 bits per heavy atom. The molecular weight excluding hydrogens is 436 g/mol. The maximum Gasteiger partial charge on any atom is 0.322 e. The van der Waals surface area contributed by atoms with Crippen LogP contribution in [-0.4, -0.2) is 37.8 Å². The highest BCUT2D eigenvalue weighted by molar-refractivity contribution is 7.12. The normalized spacial score (nSPS) is 16.8. The molecule has 1 atom stereocenters. The number of thiophene rings is 1. The largest absolute Gasteiger partial charge is 0.497 e. The maximum absolute atomic E-state index is 13.5. The number of nitrogens with one attached hydrogen (secondary N) is 1. The number of benzene rings is 2. The van der Waals surface area contributed by atoms with E-state index in [0.29, 0.717) is 36.9 Å². The molecule has 0 bridgehead atoms. The Morgan fingerprint density at radius 2 is 1.91 bits per heavy atom. The minimum atomic E-state index is -0.138. The maximum atomic E-state index is 13.5. The second-order valence-corrected chi connectivity index (χ2v) is 9.50. The Kier molecular flexibility index (Phi) is 5.89. The SMILES string of the molecule is CCc1c(C)sc2c1CCN(C(=O)Nc1ccc3c(c1)OCCO3)[C@H]2c1ccc(OC)cc1. The van der Waals surface area contributed by atoms with Gasteiger partial charge in [-0.1, -0.05) is 19.1 Å². The first-order chi connectivity index (χ1) is 16.1. The van der Waals surface area contributed by atoms with Gasteiger partial charge < -0.3 is 24.4 Å². The summed E-state index contributed by atoms with van der Waals surface area (Å²) in [5.74, 6) is 2.17. The van der Waals surface area contributed by atoms with Crippen molar-refractivity contribution in [1.82, 2.24) is 4.90 Å². The molecule has 2 aromatic carbocycles. The Hall–Kier alpha value is -3.19. The number of urea groups is 1. The summed E-state index contributed by atoms with van der Waals surface area (Å²) < 4.78 is 16.6. The number of aryl methyl sites for hydroxylation is 1. The van der Waals surface area contributed by atoms with E-state index in [0.717, 1.165) is 24.2 Å². The molecule has 2 amide bonds. The van der Waals surface area contributed by atoms with Crippen molar-refractivity contribution in [1.29, 1.82) is 0 Å². The fourth-order valence-corrected chi connectivity index (χ4v) is 6.21. The number of hydrogen-bond acceptors (Lipinski definition) is 5. The van der Waals surface area contributed by atoms with Gasteiger partial charge in [-0.3, -0.25) is 0 Å². The predicted octanol–water partition coefficient (Wildman–Crippen LogP) is 5.58. The summed E-state index contributed by atoms with van der Waals surface area (Å²) >= 11 is 1.81. The van der Waals surface area contributed by atoms with Crippen molar-refractivity contribution in [2.75, 3.05) is 32.2 Å². The molecule has 0 saturated heterocycles. The number of nitrogens with zero attached hydrogens (tertiary/aromatic N) is 1. The van der Waals surface area contributed by atoms with Crippen LogP contribution in [0.5, 0.6) is 17.2 Å². The number of carbonyl (C=O) groups is 1. The highest BCUT2D eigenvalue weighted by atomic mass is 32.1. The number of fused-ring (bicyclic) bond motifs is 2. The van der Waals surface area contributed by atoms with Crippen LogP contribution in [0.4, 0.5) is 10.5 Å². The van der Waals surface area contributed by atoms with Crippen LogP contribution in [0.15, 0.2) is 42.5 Å². The molecule has 1 N–H and O–H groups in total. The lowest BCUT2D eigenvalue weighted by Crippen LogP contribution is -2.42. The van der Waals surface area contributed by atoms with E-state index in [9.17, 15) is 4.79 Å². The third-order valence-corrected chi connectivity index (χ3v) is 7.59. The minimum Gasteiger partial charge on any atom is -0.497 e. The average Bonchev–Trinajstić information content (AvgIpc) is 3.18. The molecule has 33 heavy (non-hydrogen) atoms. The number of ether oxygens (including phenoxy) is 3. The Labute approximate surface area is 198 Å². The summed E-state index contributed by atoms with van der Waals surface area (Å²) in [6.07, 6.45) is 1.88. The smallest absolute Gasteiger partial charge is 0.322 e. The van der Waals surface area contributed by atoms with E-state index in [4.69, 9.17) is 14.2 Å². The van der Waals surface area contributed by atoms with Gasteiger partial charge in [0.1, 0.15) is 19.0 Å². The quantitative estimate of drug-likeness (QED) is 0.548. The van der Waals surface area contributed by atoms with Crippen LogP contribution >= 0.6 is 11.3 Å². The topological polar surface area (TPSA) is 60.0 Å². The molecule has 0 spiro atoms. The van der Waals surface area contributed by atoms with Crippen molar-refractivity contribution in [3.8, 4) is 17.2 Å². The molecule has 3 aromatic rings. The van der Waals surface area contributed by atoms with Gasteiger partial charge in [-0.05, 0) is 60.7 Å². The molecule has 6 nitrogen and oxygen atoms in total. The highest BCUT2D eigenvalue weighted by Gasteiger charge is 2.35. The van der Waals surface area contributed by atoms with Gasteiger partial charge >= 0.3 is 6.03 Å². The van der Waals surface area contributed by atoms with Crippen LogP contribution < -0.4 is 19.5 Å². The first kappa shape index (κ1) is 21.6. The van der Waals surface area contributed by atoms with Crippen molar-refractivity contribution in [3.05, 3.63) is 68.9 Å². The van der Waals surface area contributed by atoms with Gasteiger partial charge in [-0.15, -0.1) is 11.3 Å². The van der Waals surface area contributed by atoms with E-state index in [-0.39, 0.29) is 12.1 Å². The fraction of sp³-hybridized carbons (Fsp3) is 0.346. The van der Waals surface area contributed by atoms with Crippen LogP contribution in [0, 0.1) is 6.92 Å². The highest BCUT2D eigenvalue weighted by Crippen LogP contribution is 2.43. The summed E-state index contributed by atoms with van der Waals surface area (Å²) in [4.78, 5) is 18.1. The third-order valence-electron chi connectivity index (χ3n) is 6.35. The number of anilines is 1. The van der Waals surface area contributed by atoms with Gasteiger partial charge in [0.25, 0.3) is 0 Å². The molecule has 0 radical (unpaired) electrons. The van der Waals surface area contributed by atoms with Gasteiger partial charge in [0.15, 0.2) is 11.5 Å². The van der Waals surface area contributed by atoms with E-state index in [1.54, 1.807) is 7.11 Å². The lowest BCUT2D eigenvalue weighted by molar-refractivity contribution is 0.171. The van der Waals surface area contributed by atoms with Gasteiger partial charge in [0.05, 0.1) is 13.2 Å². The molecule has 5 rings (SSSR count). The second kappa shape index (κ2) is 8.98. The number of rotatable bonds is 4. The average molecular weight is 465 g/mol. The zero-order valence-corrected chi connectivity index (χ0v) is 20.0. The summed E-state index contributed by atoms with van der Waals surface area (Å²) in [5.41, 5.74) is 4.61. The zero-order chi connectivity index (χ0) is 22.9. The molecule has 2 aliphatic heterocycles. The van der Waals surface area contributed by atoms with E-state index in [1.807, 2.05) is 46.6 Å². The van der Waals surface area contributed by atoms with Gasteiger partial charge in [-0.2, -0.15) is 0 Å². The molecule has 172 valence electrons. The van der Waals surface area contributed by atoms with E-state index in [2.05, 4.69) is 31.3 Å². The standard InChI is InChI=1S/C26H28N2O4S/c1-4-20-16(2)33-25-21(20)11-12-28(24(25)17-5-8-19(30-3)9-6-17)26(29)27-18-7-10-22-23(15-18)32-14-13-31-22/h5-10,15,24H,4,11-14H2,1-3H3,(H,27,29)/t24-/m0/s1. The predicted molar refractivity (Wildman–Crippen MR) is 130 cm³/mol. The number of hydrogen-bond donors (Lipinski definition) is 1. The molecule has 1 aromatic heterocycles. The van der Waals surface area contributed by atoms with Crippen LogP contribution in [0.3, 0.4) is 0 Å². The van der Waals surface area contributed by atoms with E-state index < -0.39 is 0 Å². The van der Waals surface area contributed by atoms with Crippen LogP contribution in [0.2, 0.25) is 0 Å². The Bertz CT molecular complexity index is 1170. The zero-order valence-electron chi connectivity index (χ0n) is 19.1. The minimum absolute atomic E-state index is 0.123. The number of methoxy groups -OCH3 is 1. The second-order valence-electron chi connectivity index (χ2n) is 8.24. The van der Waals surface area contributed by atoms with Crippen molar-refractivity contribution in [3.63, 3.8) is 0 Å². The molecule has 7 heteroatoms. The van der Waals surface area contributed by atoms with E-state index in [1.165, 1.54) is 20.9 Å². The van der Waals surface area contributed by atoms with Crippen molar-refractivity contribution < 1.29 is 19.0 Å². The molecule has 0 fully saturated rings. The monoisotopic (exact) mass is 464 g/mol.